The van der Waals surface area contributed by atoms with Gasteiger partial charge in [0.15, 0.2) is 0 Å². The molecule has 0 radical (unpaired) electrons. The zero-order valence-electron chi connectivity index (χ0n) is 14.0. The fraction of sp³-hybridized carbons (Fsp3) is 0.167. The second-order valence-corrected chi connectivity index (χ2v) is 6.23. The monoisotopic (exact) mass is 369 g/mol. The molecule has 0 aromatic heterocycles. The Morgan fingerprint density at radius 1 is 1.15 bits per heavy atom. The highest BCUT2D eigenvalue weighted by Gasteiger charge is 2.56. The van der Waals surface area contributed by atoms with Crippen molar-refractivity contribution in [1.82, 2.24) is 0 Å². The molecule has 8 nitrogen and oxygen atoms in total. The zero-order chi connectivity index (χ0) is 19.3. The minimum absolute atomic E-state index is 0.135. The number of imide groups is 1. The van der Waals surface area contributed by atoms with E-state index in [4.69, 9.17) is 4.84 Å². The number of benzene rings is 2. The molecule has 136 valence electrons. The Bertz CT molecular complexity index is 1020. The first-order valence-electron chi connectivity index (χ1n) is 8.01. The van der Waals surface area contributed by atoms with Crippen molar-refractivity contribution in [3.8, 4) is 0 Å². The molecule has 2 aromatic rings. The summed E-state index contributed by atoms with van der Waals surface area (Å²) in [4.78, 5) is 42.2. The van der Waals surface area contributed by atoms with Gasteiger partial charge in [-0.3, -0.25) is 19.7 Å². The van der Waals surface area contributed by atoms with Gasteiger partial charge in [0, 0.05) is 17.7 Å². The third-order valence-electron chi connectivity index (χ3n) is 4.60. The summed E-state index contributed by atoms with van der Waals surface area (Å²) in [5, 5.41) is 14.9. The van der Waals surface area contributed by atoms with Crippen molar-refractivity contribution >= 4 is 28.9 Å². The Morgan fingerprint density at radius 3 is 2.52 bits per heavy atom. The summed E-state index contributed by atoms with van der Waals surface area (Å²) in [7, 11) is 0. The van der Waals surface area contributed by atoms with Crippen molar-refractivity contribution in [3.63, 3.8) is 0 Å². The number of oxime groups is 1. The molecule has 0 spiro atoms. The maximum absolute atomic E-state index is 13.2. The van der Waals surface area contributed by atoms with Crippen LogP contribution in [0.5, 0.6) is 0 Å². The number of fused-ring (bicyclic) bond motifs is 1. The van der Waals surface area contributed by atoms with Crippen LogP contribution in [0.1, 0.15) is 11.1 Å². The normalized spacial score (nSPS) is 21.1. The molecule has 1 fully saturated rings. The highest BCUT2D eigenvalue weighted by atomic mass is 19.1. The number of hydrogen-bond donors (Lipinski definition) is 0. The summed E-state index contributed by atoms with van der Waals surface area (Å²) in [5.41, 5.74) is 1.12. The van der Waals surface area contributed by atoms with E-state index in [1.54, 1.807) is 6.92 Å². The van der Waals surface area contributed by atoms with Crippen LogP contribution in [0.2, 0.25) is 0 Å². The maximum Gasteiger partial charge on any atom is 0.278 e. The van der Waals surface area contributed by atoms with E-state index in [0.717, 1.165) is 4.90 Å². The molecule has 2 aromatic carbocycles. The van der Waals surface area contributed by atoms with E-state index >= 15 is 0 Å². The van der Waals surface area contributed by atoms with Gasteiger partial charge in [-0.2, -0.15) is 0 Å². The molecule has 1 saturated heterocycles. The lowest BCUT2D eigenvalue weighted by Gasteiger charge is -2.17. The molecule has 2 aliphatic rings. The number of nitro groups is 1. The molecule has 9 heteroatoms. The number of non-ortho nitro benzene ring substituents is 1. The van der Waals surface area contributed by atoms with Crippen LogP contribution in [0.4, 0.5) is 15.8 Å². The van der Waals surface area contributed by atoms with Gasteiger partial charge in [-0.25, -0.2) is 9.29 Å². The van der Waals surface area contributed by atoms with Crippen LogP contribution in [0.3, 0.4) is 0 Å². The van der Waals surface area contributed by atoms with Crippen molar-refractivity contribution in [2.45, 2.75) is 13.0 Å². The van der Waals surface area contributed by atoms with Crippen LogP contribution >= 0.6 is 0 Å². The predicted octanol–water partition coefficient (Wildman–Crippen LogP) is 2.33. The number of carbonyl (C=O) groups excluding carboxylic acids is 2. The molecule has 2 atom stereocenters. The molecule has 0 aliphatic carbocycles. The SMILES string of the molecule is Cc1ccc([N+](=O)[O-])cc1N1C(=O)C2ON=C(c3ccc(F)cc3)C2C1=O. The molecular weight excluding hydrogens is 357 g/mol. The van der Waals surface area contributed by atoms with Crippen LogP contribution < -0.4 is 4.90 Å². The highest BCUT2D eigenvalue weighted by Crippen LogP contribution is 2.37. The Kier molecular flexibility index (Phi) is 3.72. The van der Waals surface area contributed by atoms with Gasteiger partial charge in [0.05, 0.1) is 10.6 Å². The number of amides is 2. The number of anilines is 1. The van der Waals surface area contributed by atoms with Crippen molar-refractivity contribution in [1.29, 1.82) is 0 Å². The third kappa shape index (κ3) is 2.55. The van der Waals surface area contributed by atoms with Gasteiger partial charge in [-0.05, 0) is 24.6 Å². The van der Waals surface area contributed by atoms with Crippen molar-refractivity contribution in [2.75, 3.05) is 4.90 Å². The maximum atomic E-state index is 13.2. The standard InChI is InChI=1S/C18H12FN3O5/c1-9-2-7-12(22(25)26)8-13(9)21-17(23)14-15(20-27-16(14)18(21)24)10-3-5-11(19)6-4-10/h2-8,14,16H,1H3. The van der Waals surface area contributed by atoms with E-state index in [-0.39, 0.29) is 17.1 Å². The number of rotatable bonds is 3. The van der Waals surface area contributed by atoms with Crippen molar-refractivity contribution in [2.24, 2.45) is 11.1 Å². The number of hydrogen-bond acceptors (Lipinski definition) is 6. The predicted molar refractivity (Wildman–Crippen MR) is 91.6 cm³/mol. The van der Waals surface area contributed by atoms with E-state index in [1.807, 2.05) is 0 Å². The van der Waals surface area contributed by atoms with Crippen LogP contribution in [0.15, 0.2) is 47.6 Å². The largest absolute Gasteiger partial charge is 0.381 e. The number of nitrogens with zero attached hydrogens (tertiary/aromatic N) is 3. The van der Waals surface area contributed by atoms with E-state index in [9.17, 15) is 24.1 Å². The molecule has 0 N–H and O–H groups in total. The number of nitro benzene ring substituents is 1. The van der Waals surface area contributed by atoms with E-state index in [0.29, 0.717) is 11.1 Å². The van der Waals surface area contributed by atoms with Gasteiger partial charge in [-0.1, -0.05) is 23.4 Å². The second kappa shape index (κ2) is 5.97. The van der Waals surface area contributed by atoms with Crippen LogP contribution in [-0.4, -0.2) is 28.6 Å². The van der Waals surface area contributed by atoms with E-state index in [1.165, 1.54) is 42.5 Å². The summed E-state index contributed by atoms with van der Waals surface area (Å²) in [5.74, 6) is -2.66. The number of aryl methyl sites for hydroxylation is 1. The lowest BCUT2D eigenvalue weighted by molar-refractivity contribution is -0.384. The highest BCUT2D eigenvalue weighted by molar-refractivity contribution is 6.32. The summed E-state index contributed by atoms with van der Waals surface area (Å²) in [6.45, 7) is 1.64. The molecule has 0 bridgehead atoms. The van der Waals surface area contributed by atoms with Crippen LogP contribution in [-0.2, 0) is 14.4 Å². The second-order valence-electron chi connectivity index (χ2n) is 6.23. The van der Waals surface area contributed by atoms with Crippen molar-refractivity contribution in [3.05, 3.63) is 69.5 Å². The minimum Gasteiger partial charge on any atom is -0.381 e. The molecule has 2 heterocycles. The number of halogens is 1. The van der Waals surface area contributed by atoms with Gasteiger partial charge >= 0.3 is 0 Å². The first-order chi connectivity index (χ1) is 12.9. The topological polar surface area (TPSA) is 102 Å². The fourth-order valence-corrected chi connectivity index (χ4v) is 3.23. The lowest BCUT2D eigenvalue weighted by atomic mass is 9.94. The van der Waals surface area contributed by atoms with Crippen LogP contribution in [0, 0.1) is 28.8 Å². The molecule has 2 aliphatic heterocycles. The van der Waals surface area contributed by atoms with Gasteiger partial charge in [0.1, 0.15) is 17.4 Å². The van der Waals surface area contributed by atoms with E-state index in [2.05, 4.69) is 5.16 Å². The van der Waals surface area contributed by atoms with Gasteiger partial charge in [0.25, 0.3) is 11.6 Å². The average Bonchev–Trinajstić information content (AvgIpc) is 3.17. The molecule has 27 heavy (non-hydrogen) atoms. The molecule has 2 amide bonds. The Hall–Kier alpha value is -3.62. The Balaban J connectivity index is 1.73. The minimum atomic E-state index is -1.14. The Labute approximate surface area is 152 Å². The summed E-state index contributed by atoms with van der Waals surface area (Å²) in [6.07, 6.45) is -1.14. The fourth-order valence-electron chi connectivity index (χ4n) is 3.23. The molecule has 2 unspecified atom stereocenters. The molecule has 0 saturated carbocycles. The van der Waals surface area contributed by atoms with Crippen LogP contribution in [0.25, 0.3) is 0 Å². The third-order valence-corrected chi connectivity index (χ3v) is 4.60. The molecule has 4 rings (SSSR count). The average molecular weight is 369 g/mol. The lowest BCUT2D eigenvalue weighted by Crippen LogP contribution is -2.33. The van der Waals surface area contributed by atoms with Gasteiger partial charge in [-0.15, -0.1) is 0 Å². The zero-order valence-corrected chi connectivity index (χ0v) is 14.0. The van der Waals surface area contributed by atoms with E-state index < -0.39 is 34.6 Å². The van der Waals surface area contributed by atoms with Crippen molar-refractivity contribution < 1.29 is 23.7 Å². The summed E-state index contributed by atoms with van der Waals surface area (Å²) < 4.78 is 13.2. The summed E-state index contributed by atoms with van der Waals surface area (Å²) >= 11 is 0. The first-order valence-corrected chi connectivity index (χ1v) is 8.01. The first kappa shape index (κ1) is 16.8. The van der Waals surface area contributed by atoms with Gasteiger partial charge < -0.3 is 4.84 Å². The Morgan fingerprint density at radius 2 is 1.85 bits per heavy atom. The molecular formula is C18H12FN3O5. The quantitative estimate of drug-likeness (QED) is 0.469. The summed E-state index contributed by atoms with van der Waals surface area (Å²) in [6, 6.07) is 9.27. The van der Waals surface area contributed by atoms with Gasteiger partial charge in [0.2, 0.25) is 12.0 Å². The number of carbonyl (C=O) groups is 2. The smallest absolute Gasteiger partial charge is 0.278 e.